The third-order valence-corrected chi connectivity index (χ3v) is 4.77. The van der Waals surface area contributed by atoms with E-state index in [9.17, 15) is 9.59 Å². The summed E-state index contributed by atoms with van der Waals surface area (Å²) in [6.45, 7) is 5.18. The Labute approximate surface area is 165 Å². The standard InChI is InChI=1S/C22H26N2O4/c1-15-8-9-19(11-16(15)2)28-14-21(25)24-18-6-3-5-17(12-18)22(26)23-13-20-7-4-10-27-20/h3,5-6,8-9,11-12,20H,4,7,10,13-14H2,1-2H3,(H,23,26)(H,24,25). The van der Waals surface area contributed by atoms with E-state index in [0.717, 1.165) is 25.0 Å². The summed E-state index contributed by atoms with van der Waals surface area (Å²) in [7, 11) is 0. The Morgan fingerprint density at radius 1 is 1.14 bits per heavy atom. The summed E-state index contributed by atoms with van der Waals surface area (Å²) >= 11 is 0. The molecule has 0 aliphatic carbocycles. The van der Waals surface area contributed by atoms with Crippen molar-refractivity contribution in [2.75, 3.05) is 25.1 Å². The van der Waals surface area contributed by atoms with E-state index in [1.807, 2.05) is 32.0 Å². The smallest absolute Gasteiger partial charge is 0.262 e. The molecule has 1 saturated heterocycles. The molecule has 1 unspecified atom stereocenters. The van der Waals surface area contributed by atoms with Gasteiger partial charge in [0.2, 0.25) is 0 Å². The molecule has 0 spiro atoms. The number of carbonyl (C=O) groups is 2. The van der Waals surface area contributed by atoms with E-state index in [1.165, 1.54) is 5.56 Å². The number of aryl methyl sites for hydroxylation is 2. The average molecular weight is 382 g/mol. The van der Waals surface area contributed by atoms with Gasteiger partial charge in [-0.2, -0.15) is 0 Å². The molecule has 1 fully saturated rings. The lowest BCUT2D eigenvalue weighted by atomic mass is 10.1. The van der Waals surface area contributed by atoms with Crippen LogP contribution in [0.4, 0.5) is 5.69 Å². The fourth-order valence-electron chi connectivity index (χ4n) is 3.00. The van der Waals surface area contributed by atoms with Crippen molar-refractivity contribution in [1.29, 1.82) is 0 Å². The summed E-state index contributed by atoms with van der Waals surface area (Å²) < 4.78 is 11.1. The highest BCUT2D eigenvalue weighted by Gasteiger charge is 2.17. The van der Waals surface area contributed by atoms with Gasteiger partial charge in [0, 0.05) is 24.4 Å². The molecule has 0 aromatic heterocycles. The predicted molar refractivity (Wildman–Crippen MR) is 108 cm³/mol. The topological polar surface area (TPSA) is 76.7 Å². The van der Waals surface area contributed by atoms with E-state index in [2.05, 4.69) is 10.6 Å². The molecule has 28 heavy (non-hydrogen) atoms. The van der Waals surface area contributed by atoms with Gasteiger partial charge in [-0.15, -0.1) is 0 Å². The summed E-state index contributed by atoms with van der Waals surface area (Å²) in [5.41, 5.74) is 3.33. The van der Waals surface area contributed by atoms with Crippen LogP contribution >= 0.6 is 0 Å². The van der Waals surface area contributed by atoms with Gasteiger partial charge in [-0.1, -0.05) is 12.1 Å². The number of hydrogen-bond donors (Lipinski definition) is 2. The van der Waals surface area contributed by atoms with Crippen LogP contribution in [0.25, 0.3) is 0 Å². The van der Waals surface area contributed by atoms with Crippen molar-refractivity contribution in [2.45, 2.75) is 32.8 Å². The number of carbonyl (C=O) groups excluding carboxylic acids is 2. The van der Waals surface area contributed by atoms with Crippen LogP contribution in [-0.2, 0) is 9.53 Å². The molecular formula is C22H26N2O4. The molecule has 148 valence electrons. The van der Waals surface area contributed by atoms with Gasteiger partial charge in [0.25, 0.3) is 11.8 Å². The number of amides is 2. The summed E-state index contributed by atoms with van der Waals surface area (Å²) in [4.78, 5) is 24.5. The van der Waals surface area contributed by atoms with Crippen molar-refractivity contribution >= 4 is 17.5 Å². The molecule has 1 aliphatic heterocycles. The summed E-state index contributed by atoms with van der Waals surface area (Å²) in [6, 6.07) is 12.5. The Morgan fingerprint density at radius 2 is 2.00 bits per heavy atom. The first-order valence-corrected chi connectivity index (χ1v) is 9.51. The molecule has 0 radical (unpaired) electrons. The third-order valence-electron chi connectivity index (χ3n) is 4.77. The van der Waals surface area contributed by atoms with Gasteiger partial charge >= 0.3 is 0 Å². The molecule has 6 heteroatoms. The number of nitrogens with one attached hydrogen (secondary N) is 2. The average Bonchev–Trinajstić information content (AvgIpc) is 3.21. The zero-order valence-electron chi connectivity index (χ0n) is 16.3. The van der Waals surface area contributed by atoms with E-state index in [4.69, 9.17) is 9.47 Å². The Balaban J connectivity index is 1.50. The maximum absolute atomic E-state index is 12.3. The fourth-order valence-corrected chi connectivity index (χ4v) is 3.00. The maximum Gasteiger partial charge on any atom is 0.262 e. The van der Waals surface area contributed by atoms with Crippen molar-refractivity contribution in [3.05, 3.63) is 59.2 Å². The summed E-state index contributed by atoms with van der Waals surface area (Å²) in [5.74, 6) is 0.189. The molecule has 1 aliphatic rings. The van der Waals surface area contributed by atoms with Crippen LogP contribution < -0.4 is 15.4 Å². The van der Waals surface area contributed by atoms with Crippen LogP contribution in [0.1, 0.15) is 34.3 Å². The Bertz CT molecular complexity index is 844. The number of anilines is 1. The molecule has 0 saturated carbocycles. The van der Waals surface area contributed by atoms with E-state index in [1.54, 1.807) is 24.3 Å². The molecule has 1 atom stereocenters. The molecule has 2 N–H and O–H groups in total. The van der Waals surface area contributed by atoms with Crippen LogP contribution in [0.3, 0.4) is 0 Å². The second-order valence-corrected chi connectivity index (χ2v) is 7.01. The second kappa shape index (κ2) is 9.37. The lowest BCUT2D eigenvalue weighted by Gasteiger charge is -2.12. The minimum atomic E-state index is -0.282. The normalized spacial score (nSPS) is 15.9. The molecule has 2 aromatic carbocycles. The van der Waals surface area contributed by atoms with Crippen LogP contribution in [0.5, 0.6) is 5.75 Å². The van der Waals surface area contributed by atoms with Crippen molar-refractivity contribution in [1.82, 2.24) is 5.32 Å². The molecule has 2 aromatic rings. The molecular weight excluding hydrogens is 356 g/mol. The zero-order valence-corrected chi connectivity index (χ0v) is 16.3. The number of rotatable bonds is 7. The van der Waals surface area contributed by atoms with E-state index >= 15 is 0 Å². The summed E-state index contributed by atoms with van der Waals surface area (Å²) in [6.07, 6.45) is 2.10. The van der Waals surface area contributed by atoms with Crippen LogP contribution in [-0.4, -0.2) is 37.7 Å². The lowest BCUT2D eigenvalue weighted by Crippen LogP contribution is -2.31. The Kier molecular flexibility index (Phi) is 6.66. The highest BCUT2D eigenvalue weighted by molar-refractivity contribution is 5.97. The monoisotopic (exact) mass is 382 g/mol. The van der Waals surface area contributed by atoms with E-state index in [0.29, 0.717) is 23.5 Å². The fraction of sp³-hybridized carbons (Fsp3) is 0.364. The summed E-state index contributed by atoms with van der Waals surface area (Å²) in [5, 5.41) is 5.64. The predicted octanol–water partition coefficient (Wildman–Crippen LogP) is 3.23. The maximum atomic E-state index is 12.3. The van der Waals surface area contributed by atoms with Gasteiger partial charge < -0.3 is 20.1 Å². The van der Waals surface area contributed by atoms with Gasteiger partial charge in [0.15, 0.2) is 6.61 Å². The minimum absolute atomic E-state index is 0.0920. The van der Waals surface area contributed by atoms with Gasteiger partial charge in [-0.25, -0.2) is 0 Å². The van der Waals surface area contributed by atoms with E-state index in [-0.39, 0.29) is 24.5 Å². The van der Waals surface area contributed by atoms with Crippen molar-refractivity contribution in [2.24, 2.45) is 0 Å². The Hall–Kier alpha value is -2.86. The first kappa shape index (κ1) is 19.9. The SMILES string of the molecule is Cc1ccc(OCC(=O)Nc2cccc(C(=O)NCC3CCCO3)c2)cc1C. The van der Waals surface area contributed by atoms with Gasteiger partial charge in [0.05, 0.1) is 6.10 Å². The molecule has 6 nitrogen and oxygen atoms in total. The number of benzene rings is 2. The number of hydrogen-bond acceptors (Lipinski definition) is 4. The zero-order chi connectivity index (χ0) is 19.9. The van der Waals surface area contributed by atoms with Crippen molar-refractivity contribution in [3.8, 4) is 5.75 Å². The van der Waals surface area contributed by atoms with Gasteiger partial charge in [-0.05, 0) is 68.1 Å². The van der Waals surface area contributed by atoms with E-state index < -0.39 is 0 Å². The van der Waals surface area contributed by atoms with Crippen molar-refractivity contribution < 1.29 is 19.1 Å². The molecule has 3 rings (SSSR count). The first-order chi connectivity index (χ1) is 13.5. The van der Waals surface area contributed by atoms with Crippen LogP contribution in [0.2, 0.25) is 0 Å². The quantitative estimate of drug-likeness (QED) is 0.771. The largest absolute Gasteiger partial charge is 0.484 e. The molecule has 0 bridgehead atoms. The van der Waals surface area contributed by atoms with Crippen LogP contribution in [0.15, 0.2) is 42.5 Å². The minimum Gasteiger partial charge on any atom is -0.484 e. The first-order valence-electron chi connectivity index (χ1n) is 9.51. The van der Waals surface area contributed by atoms with Gasteiger partial charge in [0.1, 0.15) is 5.75 Å². The third kappa shape index (κ3) is 5.57. The molecule has 2 amide bonds. The highest BCUT2D eigenvalue weighted by atomic mass is 16.5. The highest BCUT2D eigenvalue weighted by Crippen LogP contribution is 2.17. The van der Waals surface area contributed by atoms with Gasteiger partial charge in [-0.3, -0.25) is 9.59 Å². The number of ether oxygens (including phenoxy) is 2. The molecule has 1 heterocycles. The Morgan fingerprint density at radius 3 is 2.75 bits per heavy atom. The lowest BCUT2D eigenvalue weighted by molar-refractivity contribution is -0.118. The van der Waals surface area contributed by atoms with Crippen LogP contribution in [0, 0.1) is 13.8 Å². The second-order valence-electron chi connectivity index (χ2n) is 7.01. The van der Waals surface area contributed by atoms with Crippen molar-refractivity contribution in [3.63, 3.8) is 0 Å².